The van der Waals surface area contributed by atoms with Gasteiger partial charge in [-0.25, -0.2) is 0 Å². The first-order valence-electron chi connectivity index (χ1n) is 10.0. The Bertz CT molecular complexity index is 858. The third kappa shape index (κ3) is 7.33. The van der Waals surface area contributed by atoms with Gasteiger partial charge in [-0.2, -0.15) is 0 Å². The van der Waals surface area contributed by atoms with E-state index >= 15 is 0 Å². The number of unbranched alkanes of at least 4 members (excludes halogenated alkanes) is 1. The quantitative estimate of drug-likeness (QED) is 0.465. The van der Waals surface area contributed by atoms with Gasteiger partial charge in [-0.05, 0) is 44.0 Å². The second-order valence-electron chi connectivity index (χ2n) is 7.19. The molecular weight excluding hydrogens is 468 g/mol. The van der Waals surface area contributed by atoms with Crippen LogP contribution in [0, 0.1) is 6.92 Å². The minimum atomic E-state index is -0.625. The molecule has 2 aromatic rings. The lowest BCUT2D eigenvalue weighted by molar-refractivity contribution is -0.142. The minimum absolute atomic E-state index is 0.175. The summed E-state index contributed by atoms with van der Waals surface area (Å²) < 4.78 is 6.47. The van der Waals surface area contributed by atoms with Crippen LogP contribution in [-0.4, -0.2) is 35.9 Å². The van der Waals surface area contributed by atoms with Crippen molar-refractivity contribution in [2.45, 2.75) is 46.2 Å². The Morgan fingerprint density at radius 2 is 1.90 bits per heavy atom. The molecule has 0 spiro atoms. The van der Waals surface area contributed by atoms with Crippen molar-refractivity contribution < 1.29 is 14.3 Å². The maximum atomic E-state index is 13.0. The number of rotatable bonds is 10. The highest BCUT2D eigenvalue weighted by Gasteiger charge is 2.26. The van der Waals surface area contributed by atoms with Crippen LogP contribution in [0.3, 0.4) is 0 Å². The van der Waals surface area contributed by atoms with Gasteiger partial charge in [0.25, 0.3) is 5.91 Å². The van der Waals surface area contributed by atoms with Crippen LogP contribution < -0.4 is 10.1 Å². The summed E-state index contributed by atoms with van der Waals surface area (Å²) in [5.74, 6) is -0.0400. The molecule has 0 heterocycles. The molecule has 0 saturated heterocycles. The number of hydrogen-bond acceptors (Lipinski definition) is 3. The molecule has 30 heavy (non-hydrogen) atoms. The SMILES string of the molecule is CCCCNC(=O)C(C)N(Cc1ccc(C)cc1)C(=O)COc1ccc(Br)cc1Cl. The number of ether oxygens (including phenoxy) is 1. The summed E-state index contributed by atoms with van der Waals surface area (Å²) >= 11 is 9.52. The van der Waals surface area contributed by atoms with Crippen LogP contribution in [-0.2, 0) is 16.1 Å². The van der Waals surface area contributed by atoms with Crippen LogP contribution in [0.15, 0.2) is 46.9 Å². The number of hydrogen-bond donors (Lipinski definition) is 1. The second-order valence-corrected chi connectivity index (χ2v) is 8.51. The van der Waals surface area contributed by atoms with Crippen LogP contribution in [0.4, 0.5) is 0 Å². The van der Waals surface area contributed by atoms with E-state index in [2.05, 4.69) is 28.2 Å². The lowest BCUT2D eigenvalue weighted by Crippen LogP contribution is -2.49. The molecule has 0 aliphatic rings. The molecule has 1 unspecified atom stereocenters. The normalized spacial score (nSPS) is 11.6. The van der Waals surface area contributed by atoms with E-state index in [0.29, 0.717) is 23.9 Å². The van der Waals surface area contributed by atoms with Crippen LogP contribution in [0.5, 0.6) is 5.75 Å². The van der Waals surface area contributed by atoms with E-state index in [9.17, 15) is 9.59 Å². The van der Waals surface area contributed by atoms with Gasteiger partial charge < -0.3 is 15.0 Å². The van der Waals surface area contributed by atoms with E-state index in [0.717, 1.165) is 28.4 Å². The Balaban J connectivity index is 2.12. The molecule has 0 aliphatic carbocycles. The van der Waals surface area contributed by atoms with E-state index in [1.165, 1.54) is 0 Å². The minimum Gasteiger partial charge on any atom is -0.482 e. The van der Waals surface area contributed by atoms with Gasteiger partial charge in [-0.15, -0.1) is 0 Å². The summed E-state index contributed by atoms with van der Waals surface area (Å²) in [6.45, 7) is 6.51. The highest BCUT2D eigenvalue weighted by atomic mass is 79.9. The van der Waals surface area contributed by atoms with Gasteiger partial charge in [0.1, 0.15) is 11.8 Å². The molecular formula is C23H28BrClN2O3. The van der Waals surface area contributed by atoms with Crippen LogP contribution >= 0.6 is 27.5 Å². The lowest BCUT2D eigenvalue weighted by Gasteiger charge is -2.29. The van der Waals surface area contributed by atoms with Gasteiger partial charge >= 0.3 is 0 Å². The van der Waals surface area contributed by atoms with Crippen molar-refractivity contribution in [1.29, 1.82) is 0 Å². The van der Waals surface area contributed by atoms with Gasteiger partial charge in [0, 0.05) is 17.6 Å². The Labute approximate surface area is 191 Å². The monoisotopic (exact) mass is 494 g/mol. The summed E-state index contributed by atoms with van der Waals surface area (Å²) in [6, 6.07) is 12.5. The molecule has 0 saturated carbocycles. The first kappa shape index (κ1) is 24.2. The summed E-state index contributed by atoms with van der Waals surface area (Å²) in [5.41, 5.74) is 2.08. The van der Waals surface area contributed by atoms with Gasteiger partial charge in [0.2, 0.25) is 5.91 Å². The smallest absolute Gasteiger partial charge is 0.261 e. The number of nitrogens with zero attached hydrogens (tertiary/aromatic N) is 1. The van der Waals surface area contributed by atoms with E-state index in [1.54, 1.807) is 30.0 Å². The highest BCUT2D eigenvalue weighted by Crippen LogP contribution is 2.27. The average Bonchev–Trinajstić information content (AvgIpc) is 2.72. The van der Waals surface area contributed by atoms with Crippen LogP contribution in [0.2, 0.25) is 5.02 Å². The summed E-state index contributed by atoms with van der Waals surface area (Å²) in [6.07, 6.45) is 1.89. The Morgan fingerprint density at radius 3 is 2.53 bits per heavy atom. The molecule has 0 bridgehead atoms. The molecule has 1 N–H and O–H groups in total. The number of halogens is 2. The largest absolute Gasteiger partial charge is 0.482 e. The molecule has 0 radical (unpaired) electrons. The predicted molar refractivity (Wildman–Crippen MR) is 124 cm³/mol. The van der Waals surface area contributed by atoms with E-state index in [4.69, 9.17) is 16.3 Å². The number of benzene rings is 2. The molecule has 162 valence electrons. The van der Waals surface area contributed by atoms with E-state index in [-0.39, 0.29) is 18.4 Å². The molecule has 0 fully saturated rings. The van der Waals surface area contributed by atoms with Crippen molar-refractivity contribution in [3.05, 3.63) is 63.1 Å². The maximum Gasteiger partial charge on any atom is 0.261 e. The summed E-state index contributed by atoms with van der Waals surface area (Å²) in [7, 11) is 0. The topological polar surface area (TPSA) is 58.6 Å². The zero-order valence-corrected chi connectivity index (χ0v) is 19.9. The number of amides is 2. The molecule has 1 atom stereocenters. The zero-order valence-electron chi connectivity index (χ0n) is 17.6. The third-order valence-corrected chi connectivity index (χ3v) is 5.50. The molecule has 5 nitrogen and oxygen atoms in total. The molecule has 2 amide bonds. The van der Waals surface area contributed by atoms with Crippen LogP contribution in [0.25, 0.3) is 0 Å². The third-order valence-electron chi connectivity index (χ3n) is 4.72. The molecule has 2 aromatic carbocycles. The number of carbonyl (C=O) groups excluding carboxylic acids is 2. The van der Waals surface area contributed by atoms with E-state index < -0.39 is 6.04 Å². The van der Waals surface area contributed by atoms with Gasteiger partial charge in [0.05, 0.1) is 5.02 Å². The average molecular weight is 496 g/mol. The summed E-state index contributed by atoms with van der Waals surface area (Å²) in [4.78, 5) is 27.2. The zero-order chi connectivity index (χ0) is 22.1. The fourth-order valence-corrected chi connectivity index (χ4v) is 3.55. The Hall–Kier alpha value is -2.05. The van der Waals surface area contributed by atoms with Crippen molar-refractivity contribution in [3.8, 4) is 5.75 Å². The highest BCUT2D eigenvalue weighted by molar-refractivity contribution is 9.10. The van der Waals surface area contributed by atoms with Crippen molar-refractivity contribution in [3.63, 3.8) is 0 Å². The predicted octanol–water partition coefficient (Wildman–Crippen LogP) is 5.12. The Morgan fingerprint density at radius 1 is 1.20 bits per heavy atom. The Kier molecular flexibility index (Phi) is 9.66. The number of nitrogens with one attached hydrogen (secondary N) is 1. The number of carbonyl (C=O) groups is 2. The first-order chi connectivity index (χ1) is 14.3. The van der Waals surface area contributed by atoms with Crippen molar-refractivity contribution >= 4 is 39.3 Å². The van der Waals surface area contributed by atoms with Crippen molar-refractivity contribution in [2.24, 2.45) is 0 Å². The maximum absolute atomic E-state index is 13.0. The van der Waals surface area contributed by atoms with Crippen LogP contribution in [0.1, 0.15) is 37.8 Å². The second kappa shape index (κ2) is 12.0. The fourth-order valence-electron chi connectivity index (χ4n) is 2.82. The van der Waals surface area contributed by atoms with Gasteiger partial charge in [-0.3, -0.25) is 9.59 Å². The van der Waals surface area contributed by atoms with Gasteiger partial charge in [0.15, 0.2) is 6.61 Å². The first-order valence-corrected chi connectivity index (χ1v) is 11.2. The van der Waals surface area contributed by atoms with Crippen molar-refractivity contribution in [1.82, 2.24) is 10.2 Å². The van der Waals surface area contributed by atoms with Gasteiger partial charge in [-0.1, -0.05) is 70.7 Å². The number of aryl methyl sites for hydroxylation is 1. The molecule has 0 aliphatic heterocycles. The molecule has 2 rings (SSSR count). The van der Waals surface area contributed by atoms with Crippen molar-refractivity contribution in [2.75, 3.05) is 13.2 Å². The van der Waals surface area contributed by atoms with E-state index in [1.807, 2.05) is 31.2 Å². The molecule has 7 heteroatoms. The standard InChI is InChI=1S/C23H28BrClN2O3/c1-4-5-12-26-23(29)17(3)27(14-18-8-6-16(2)7-9-18)22(28)15-30-21-11-10-19(24)13-20(21)25/h6-11,13,17H,4-5,12,14-15H2,1-3H3,(H,26,29). The lowest BCUT2D eigenvalue weighted by atomic mass is 10.1. The fraction of sp³-hybridized carbons (Fsp3) is 0.391. The molecule has 0 aromatic heterocycles. The summed E-state index contributed by atoms with van der Waals surface area (Å²) in [5, 5.41) is 3.31.